The number of allylic oxidation sites excluding steroid dienone is 1. The van der Waals surface area contributed by atoms with Gasteiger partial charge in [-0.25, -0.2) is 0 Å². The highest BCUT2D eigenvalue weighted by Crippen LogP contribution is 2.01. The molecule has 0 aromatic rings. The van der Waals surface area contributed by atoms with E-state index in [-0.39, 0.29) is 6.61 Å². The van der Waals surface area contributed by atoms with Crippen molar-refractivity contribution < 1.29 is 128 Å². The Labute approximate surface area is 553 Å². The zero-order valence-electron chi connectivity index (χ0n) is 57.1. The van der Waals surface area contributed by atoms with Gasteiger partial charge in [0.25, 0.3) is 0 Å². The topological polar surface area (TPSA) is 260 Å². The maximum Gasteiger partial charge on any atom is 0.0701 e. The van der Waals surface area contributed by atoms with E-state index in [1.165, 1.54) is 5.57 Å². The minimum absolute atomic E-state index is 0.171. The summed E-state index contributed by atoms with van der Waals surface area (Å²) in [4.78, 5) is 0. The smallest absolute Gasteiger partial charge is 0.0701 e. The van der Waals surface area contributed by atoms with E-state index >= 15 is 0 Å². The van der Waals surface area contributed by atoms with E-state index in [0.29, 0.717) is 343 Å². The van der Waals surface area contributed by atoms with Crippen LogP contribution in [-0.2, 0) is 123 Å². The molecule has 0 saturated heterocycles. The van der Waals surface area contributed by atoms with Crippen LogP contribution in [0, 0.1) is 0 Å². The van der Waals surface area contributed by atoms with Crippen molar-refractivity contribution in [2.45, 2.75) is 64.7 Å². The Hall–Kier alpha value is -1.34. The average Bonchev–Trinajstić information content (AvgIpc) is 3.56. The highest BCUT2D eigenvalue weighted by Gasteiger charge is 2.02. The lowest BCUT2D eigenvalue weighted by molar-refractivity contribution is -0.0314. The van der Waals surface area contributed by atoms with Crippen molar-refractivity contribution in [1.82, 2.24) is 0 Å². The molecule has 0 saturated carbocycles. The molecule has 0 aromatic heterocycles. The molecule has 0 rings (SSSR count). The lowest BCUT2D eigenvalue weighted by atomic mass is 10.2. The number of hydrogen-bond acceptors (Lipinski definition) is 27. The fourth-order valence-corrected chi connectivity index (χ4v) is 7.11. The van der Waals surface area contributed by atoms with Gasteiger partial charge < -0.3 is 128 Å². The first-order valence-electron chi connectivity index (χ1n) is 34.0. The van der Waals surface area contributed by atoms with Crippen molar-refractivity contribution in [3.05, 3.63) is 12.2 Å². The number of aliphatic hydroxyl groups is 1. The van der Waals surface area contributed by atoms with Gasteiger partial charge in [-0.1, -0.05) is 5.57 Å². The molecular formula is C65H130O27. The molecule has 0 aliphatic carbocycles. The van der Waals surface area contributed by atoms with Gasteiger partial charge >= 0.3 is 0 Å². The lowest BCUT2D eigenvalue weighted by Crippen LogP contribution is -2.16. The third-order valence-corrected chi connectivity index (χ3v) is 11.9. The van der Waals surface area contributed by atoms with E-state index in [1.54, 1.807) is 0 Å². The Kier molecular flexibility index (Phi) is 86.4. The molecule has 0 atom stereocenters. The second-order valence-corrected chi connectivity index (χ2v) is 20.2. The Morgan fingerprint density at radius 1 is 0.163 bits per heavy atom. The predicted octanol–water partition coefficient (Wildman–Crippen LogP) is 4.50. The maximum absolute atomic E-state index is 8.71. The summed E-state index contributed by atoms with van der Waals surface area (Å²) in [6.45, 7) is 34.7. The first-order valence-corrected chi connectivity index (χ1v) is 34.0. The Morgan fingerprint density at radius 3 is 0.380 bits per heavy atom. The van der Waals surface area contributed by atoms with Gasteiger partial charge in [0.2, 0.25) is 0 Å². The van der Waals surface area contributed by atoms with E-state index in [9.17, 15) is 0 Å². The molecule has 0 fully saturated rings. The van der Waals surface area contributed by atoms with Gasteiger partial charge in [0.05, 0.1) is 251 Å². The van der Waals surface area contributed by atoms with Crippen LogP contribution in [0.25, 0.3) is 0 Å². The highest BCUT2D eigenvalue weighted by molar-refractivity contribution is 4.87. The fraction of sp³-hybridized carbons (Fsp3) is 0.969. The molecule has 0 aromatic carbocycles. The first-order chi connectivity index (χ1) is 45.8. The SMILES string of the molecule is C=C(C)CCCOCCOCCOCCOCCOCCOCCOCCOCCOCCOCCOCCOCCOCCOCCOCCOCCOCCOCCOCCOCCCOCCCOCCCOCCCOCCCOCCCOCCCO. The summed E-state index contributed by atoms with van der Waals surface area (Å²) >= 11 is 0. The second-order valence-electron chi connectivity index (χ2n) is 20.2. The molecule has 0 spiro atoms. The van der Waals surface area contributed by atoms with E-state index in [0.717, 1.165) is 58.0 Å². The molecular weight excluding hydrogens is 1210 g/mol. The lowest BCUT2D eigenvalue weighted by Gasteiger charge is -2.09. The molecule has 0 bridgehead atoms. The molecule has 0 radical (unpaired) electrons. The predicted molar refractivity (Wildman–Crippen MR) is 345 cm³/mol. The molecule has 0 aliphatic heterocycles. The van der Waals surface area contributed by atoms with Crippen molar-refractivity contribution >= 4 is 0 Å². The molecule has 552 valence electrons. The molecule has 0 amide bonds. The number of aliphatic hydroxyl groups excluding tert-OH is 1. The van der Waals surface area contributed by atoms with Gasteiger partial charge in [-0.05, 0) is 64.7 Å². The van der Waals surface area contributed by atoms with Gasteiger partial charge in [0, 0.05) is 99.1 Å². The summed E-state index contributed by atoms with van der Waals surface area (Å²) in [5.41, 5.74) is 1.18. The van der Waals surface area contributed by atoms with Crippen LogP contribution in [0.3, 0.4) is 0 Å². The fourth-order valence-electron chi connectivity index (χ4n) is 7.11. The summed E-state index contributed by atoms with van der Waals surface area (Å²) in [5, 5.41) is 8.71. The normalized spacial score (nSPS) is 11.8. The Bertz CT molecular complexity index is 1310. The van der Waals surface area contributed by atoms with Crippen molar-refractivity contribution in [3.8, 4) is 0 Å². The first kappa shape index (κ1) is 90.7. The summed E-state index contributed by atoms with van der Waals surface area (Å²) in [5.74, 6) is 0. The van der Waals surface area contributed by atoms with Crippen LogP contribution in [0.2, 0.25) is 0 Å². The van der Waals surface area contributed by atoms with E-state index < -0.39 is 0 Å². The van der Waals surface area contributed by atoms with E-state index in [4.69, 9.17) is 128 Å². The quantitative estimate of drug-likeness (QED) is 0.0649. The van der Waals surface area contributed by atoms with E-state index in [2.05, 4.69) is 6.58 Å². The standard InChI is InChI=1S/C65H130O27/c1-65(2)11-3-13-73-27-29-75-31-33-77-35-37-79-39-41-81-43-45-83-47-49-85-51-53-87-55-57-89-59-61-91-63-64-92-62-60-90-58-56-88-54-52-86-50-48-84-46-44-82-42-40-80-38-36-78-34-32-76-30-28-74-26-10-25-72-24-9-23-71-22-8-21-70-20-7-19-69-18-6-17-68-16-5-15-67-14-4-12-66/h66H,1,3-64H2,2H3. The number of hydrogen-bond donors (Lipinski definition) is 1. The average molecular weight is 1340 g/mol. The third-order valence-electron chi connectivity index (χ3n) is 11.9. The molecule has 27 nitrogen and oxygen atoms in total. The van der Waals surface area contributed by atoms with Crippen LogP contribution in [0.1, 0.15) is 64.7 Å². The molecule has 27 heteroatoms. The Morgan fingerprint density at radius 2 is 0.261 bits per heavy atom. The maximum atomic E-state index is 8.71. The zero-order chi connectivity index (χ0) is 65.8. The number of rotatable bonds is 88. The van der Waals surface area contributed by atoms with Gasteiger partial charge in [0.15, 0.2) is 0 Å². The zero-order valence-corrected chi connectivity index (χ0v) is 57.1. The third kappa shape index (κ3) is 88.7. The molecule has 0 aliphatic rings. The van der Waals surface area contributed by atoms with Crippen molar-refractivity contribution in [1.29, 1.82) is 0 Å². The summed E-state index contributed by atoms with van der Waals surface area (Å²) in [6, 6.07) is 0. The highest BCUT2D eigenvalue weighted by atomic mass is 16.6. The van der Waals surface area contributed by atoms with Gasteiger partial charge in [0.1, 0.15) is 0 Å². The van der Waals surface area contributed by atoms with Gasteiger partial charge in [-0.15, -0.1) is 6.58 Å². The van der Waals surface area contributed by atoms with Crippen molar-refractivity contribution in [2.24, 2.45) is 0 Å². The van der Waals surface area contributed by atoms with Crippen LogP contribution < -0.4 is 0 Å². The summed E-state index contributed by atoms with van der Waals surface area (Å²) in [6.07, 6.45) is 7.90. The summed E-state index contributed by atoms with van der Waals surface area (Å²) in [7, 11) is 0. The molecule has 0 unspecified atom stereocenters. The van der Waals surface area contributed by atoms with Crippen molar-refractivity contribution in [2.75, 3.05) is 350 Å². The van der Waals surface area contributed by atoms with Gasteiger partial charge in [-0.2, -0.15) is 0 Å². The van der Waals surface area contributed by atoms with Crippen LogP contribution >= 0.6 is 0 Å². The van der Waals surface area contributed by atoms with E-state index in [1.807, 2.05) is 6.92 Å². The number of ether oxygens (including phenoxy) is 26. The molecule has 0 heterocycles. The summed E-state index contributed by atoms with van der Waals surface area (Å²) < 4.78 is 144. The van der Waals surface area contributed by atoms with Crippen LogP contribution in [0.4, 0.5) is 0 Å². The monoisotopic (exact) mass is 1340 g/mol. The minimum atomic E-state index is 0.171. The molecule has 92 heavy (non-hydrogen) atoms. The second kappa shape index (κ2) is 87.7. The van der Waals surface area contributed by atoms with Crippen LogP contribution in [0.15, 0.2) is 12.2 Å². The van der Waals surface area contributed by atoms with Crippen LogP contribution in [-0.4, -0.2) is 355 Å². The van der Waals surface area contributed by atoms with Crippen molar-refractivity contribution in [3.63, 3.8) is 0 Å². The minimum Gasteiger partial charge on any atom is -0.396 e. The Balaban J connectivity index is 3.09. The van der Waals surface area contributed by atoms with Crippen LogP contribution in [0.5, 0.6) is 0 Å². The molecule has 1 N–H and O–H groups in total. The van der Waals surface area contributed by atoms with Gasteiger partial charge in [-0.3, -0.25) is 0 Å². The largest absolute Gasteiger partial charge is 0.396 e.